The van der Waals surface area contributed by atoms with Crippen molar-refractivity contribution in [1.29, 1.82) is 0 Å². The first-order chi connectivity index (χ1) is 10.8. The first-order valence-electron chi connectivity index (χ1n) is 6.87. The maximum atomic E-state index is 12.4. The number of hydrogen-bond donors (Lipinski definition) is 1. The molecular formula is C17H14F3NOS. The van der Waals surface area contributed by atoms with Crippen molar-refractivity contribution in [1.82, 2.24) is 5.32 Å². The van der Waals surface area contributed by atoms with E-state index in [1.807, 2.05) is 24.4 Å². The Hall–Kier alpha value is -2.26. The number of nitrogens with one attached hydrogen (secondary N) is 1. The summed E-state index contributed by atoms with van der Waals surface area (Å²) in [6.07, 6.45) is -3.66. The van der Waals surface area contributed by atoms with E-state index in [0.717, 1.165) is 17.0 Å². The molecule has 23 heavy (non-hydrogen) atoms. The van der Waals surface area contributed by atoms with Crippen LogP contribution in [0, 0.1) is 11.8 Å². The maximum absolute atomic E-state index is 12.4. The molecule has 0 spiro atoms. The van der Waals surface area contributed by atoms with Gasteiger partial charge < -0.3 is 5.32 Å². The SMILES string of the molecule is CC(Cc1cccs1)NC(=O)C#Cc1ccc(C(F)(F)F)cc1. The molecule has 1 heterocycles. The van der Waals surface area contributed by atoms with Gasteiger partial charge in [-0.05, 0) is 42.6 Å². The summed E-state index contributed by atoms with van der Waals surface area (Å²) in [7, 11) is 0. The molecule has 0 saturated carbocycles. The summed E-state index contributed by atoms with van der Waals surface area (Å²) in [4.78, 5) is 12.9. The molecule has 1 amide bonds. The van der Waals surface area contributed by atoms with Gasteiger partial charge in [0.1, 0.15) is 0 Å². The van der Waals surface area contributed by atoms with Crippen LogP contribution in [0.2, 0.25) is 0 Å². The normalized spacial score (nSPS) is 12.2. The Kier molecular flexibility index (Phi) is 5.45. The third-order valence-corrected chi connectivity index (χ3v) is 3.90. The lowest BCUT2D eigenvalue weighted by atomic mass is 10.1. The molecule has 2 rings (SSSR count). The van der Waals surface area contributed by atoms with Crippen LogP contribution in [0.4, 0.5) is 13.2 Å². The number of benzene rings is 1. The lowest BCUT2D eigenvalue weighted by Gasteiger charge is -2.09. The molecule has 1 aromatic heterocycles. The van der Waals surface area contributed by atoms with Gasteiger partial charge in [0.25, 0.3) is 5.91 Å². The number of carbonyl (C=O) groups is 1. The van der Waals surface area contributed by atoms with Gasteiger partial charge in [0.2, 0.25) is 0 Å². The number of thiophene rings is 1. The third-order valence-electron chi connectivity index (χ3n) is 3.00. The van der Waals surface area contributed by atoms with E-state index < -0.39 is 17.6 Å². The van der Waals surface area contributed by atoms with E-state index in [9.17, 15) is 18.0 Å². The highest BCUT2D eigenvalue weighted by Crippen LogP contribution is 2.28. The van der Waals surface area contributed by atoms with Gasteiger partial charge in [0, 0.05) is 28.8 Å². The van der Waals surface area contributed by atoms with Gasteiger partial charge >= 0.3 is 6.18 Å². The van der Waals surface area contributed by atoms with Gasteiger partial charge in [-0.25, -0.2) is 0 Å². The van der Waals surface area contributed by atoms with Crippen LogP contribution in [0.5, 0.6) is 0 Å². The molecule has 120 valence electrons. The molecule has 2 aromatic rings. The summed E-state index contributed by atoms with van der Waals surface area (Å²) < 4.78 is 37.3. The Morgan fingerprint density at radius 3 is 2.52 bits per heavy atom. The summed E-state index contributed by atoms with van der Waals surface area (Å²) in [5.74, 6) is 4.50. The quantitative estimate of drug-likeness (QED) is 0.847. The topological polar surface area (TPSA) is 29.1 Å². The average molecular weight is 337 g/mol. The van der Waals surface area contributed by atoms with Gasteiger partial charge in [0.05, 0.1) is 5.56 Å². The van der Waals surface area contributed by atoms with Crippen LogP contribution in [0.15, 0.2) is 41.8 Å². The fourth-order valence-electron chi connectivity index (χ4n) is 1.91. The second kappa shape index (κ2) is 7.34. The predicted octanol–water partition coefficient (Wildman–Crippen LogP) is 3.87. The molecule has 1 atom stereocenters. The molecule has 0 saturated heterocycles. The lowest BCUT2D eigenvalue weighted by molar-refractivity contribution is -0.137. The second-order valence-corrected chi connectivity index (χ2v) is 6.02. The molecule has 0 bridgehead atoms. The molecular weight excluding hydrogens is 323 g/mol. The van der Waals surface area contributed by atoms with Crippen LogP contribution in [-0.4, -0.2) is 11.9 Å². The van der Waals surface area contributed by atoms with E-state index in [-0.39, 0.29) is 6.04 Å². The largest absolute Gasteiger partial charge is 0.416 e. The first-order valence-corrected chi connectivity index (χ1v) is 7.75. The van der Waals surface area contributed by atoms with Crippen molar-refractivity contribution >= 4 is 17.2 Å². The molecule has 0 fully saturated rings. The average Bonchev–Trinajstić information content (AvgIpc) is 2.97. The van der Waals surface area contributed by atoms with Crippen molar-refractivity contribution < 1.29 is 18.0 Å². The van der Waals surface area contributed by atoms with Gasteiger partial charge in [0.15, 0.2) is 0 Å². The molecule has 0 aliphatic heterocycles. The Morgan fingerprint density at radius 1 is 1.26 bits per heavy atom. The van der Waals surface area contributed by atoms with Crippen LogP contribution < -0.4 is 5.32 Å². The number of rotatable bonds is 3. The van der Waals surface area contributed by atoms with Crippen LogP contribution >= 0.6 is 11.3 Å². The first kappa shape index (κ1) is 17.1. The van der Waals surface area contributed by atoms with E-state index in [0.29, 0.717) is 12.0 Å². The van der Waals surface area contributed by atoms with Crippen molar-refractivity contribution in [2.45, 2.75) is 25.6 Å². The van der Waals surface area contributed by atoms with E-state index in [1.165, 1.54) is 12.1 Å². The second-order valence-electron chi connectivity index (χ2n) is 4.98. The Labute approximate surface area is 136 Å². The number of hydrogen-bond acceptors (Lipinski definition) is 2. The van der Waals surface area contributed by atoms with E-state index in [4.69, 9.17) is 0 Å². The lowest BCUT2D eigenvalue weighted by Crippen LogP contribution is -2.32. The molecule has 6 heteroatoms. The van der Waals surface area contributed by atoms with Gasteiger partial charge in [-0.1, -0.05) is 12.0 Å². The highest BCUT2D eigenvalue weighted by molar-refractivity contribution is 7.09. The Bertz CT molecular complexity index is 709. The molecule has 1 N–H and O–H groups in total. The minimum atomic E-state index is -4.37. The summed E-state index contributed by atoms with van der Waals surface area (Å²) in [5.41, 5.74) is -0.379. The van der Waals surface area contributed by atoms with Gasteiger partial charge in [-0.2, -0.15) is 13.2 Å². The third kappa shape index (κ3) is 5.46. The van der Waals surface area contributed by atoms with E-state index >= 15 is 0 Å². The standard InChI is InChI=1S/C17H14F3NOS/c1-12(11-15-3-2-10-23-15)21-16(22)9-6-13-4-7-14(8-5-13)17(18,19)20/h2-5,7-8,10,12H,11H2,1H3,(H,21,22). The van der Waals surface area contributed by atoms with E-state index in [2.05, 4.69) is 17.2 Å². The summed E-state index contributed by atoms with van der Waals surface area (Å²) >= 11 is 1.61. The molecule has 1 unspecified atom stereocenters. The predicted molar refractivity (Wildman–Crippen MR) is 83.9 cm³/mol. The van der Waals surface area contributed by atoms with Crippen molar-refractivity contribution in [2.75, 3.05) is 0 Å². The maximum Gasteiger partial charge on any atom is 0.416 e. The Morgan fingerprint density at radius 2 is 1.96 bits per heavy atom. The van der Waals surface area contributed by atoms with Gasteiger partial charge in [-0.15, -0.1) is 11.3 Å². The summed E-state index contributed by atoms with van der Waals surface area (Å²) in [5, 5.41) is 4.70. The fourth-order valence-corrected chi connectivity index (χ4v) is 2.75. The van der Waals surface area contributed by atoms with E-state index in [1.54, 1.807) is 11.3 Å². The highest BCUT2D eigenvalue weighted by Gasteiger charge is 2.29. The zero-order valence-corrected chi connectivity index (χ0v) is 13.1. The van der Waals surface area contributed by atoms with Crippen LogP contribution in [-0.2, 0) is 17.4 Å². The number of alkyl halides is 3. The van der Waals surface area contributed by atoms with Crippen molar-refractivity contribution in [3.8, 4) is 11.8 Å². The molecule has 0 aliphatic rings. The van der Waals surface area contributed by atoms with Crippen molar-refractivity contribution in [3.05, 3.63) is 57.8 Å². The number of carbonyl (C=O) groups excluding carboxylic acids is 1. The molecule has 2 nitrogen and oxygen atoms in total. The number of amides is 1. The summed E-state index contributed by atoms with van der Waals surface area (Å²) in [6.45, 7) is 1.87. The number of halogens is 3. The monoisotopic (exact) mass is 337 g/mol. The minimum absolute atomic E-state index is 0.0666. The van der Waals surface area contributed by atoms with Crippen LogP contribution in [0.3, 0.4) is 0 Å². The fraction of sp³-hybridized carbons (Fsp3) is 0.235. The zero-order valence-electron chi connectivity index (χ0n) is 12.3. The smallest absolute Gasteiger partial charge is 0.342 e. The zero-order chi connectivity index (χ0) is 16.9. The molecule has 0 aliphatic carbocycles. The van der Waals surface area contributed by atoms with Gasteiger partial charge in [-0.3, -0.25) is 4.79 Å². The molecule has 0 radical (unpaired) electrons. The summed E-state index contributed by atoms with van der Waals surface area (Å²) in [6, 6.07) is 8.25. The van der Waals surface area contributed by atoms with Crippen molar-refractivity contribution in [2.24, 2.45) is 0 Å². The Balaban J connectivity index is 1.91. The van der Waals surface area contributed by atoms with Crippen LogP contribution in [0.25, 0.3) is 0 Å². The molecule has 1 aromatic carbocycles. The van der Waals surface area contributed by atoms with Crippen LogP contribution in [0.1, 0.15) is 22.9 Å². The van der Waals surface area contributed by atoms with Crippen molar-refractivity contribution in [3.63, 3.8) is 0 Å². The highest BCUT2D eigenvalue weighted by atomic mass is 32.1. The minimum Gasteiger partial charge on any atom is -0.342 e.